The number of benzene rings is 1. The summed E-state index contributed by atoms with van der Waals surface area (Å²) >= 11 is 0. The minimum atomic E-state index is -0.439. The van der Waals surface area contributed by atoms with Crippen molar-refractivity contribution in [3.8, 4) is 0 Å². The van der Waals surface area contributed by atoms with E-state index in [1.165, 1.54) is 0 Å². The number of anilines is 1. The van der Waals surface area contributed by atoms with Crippen LogP contribution in [0.2, 0.25) is 0 Å². The maximum Gasteiger partial charge on any atom is 0.0981 e. The normalized spacial score (nSPS) is 26.1. The third-order valence-corrected chi connectivity index (χ3v) is 3.42. The minimum Gasteiger partial charge on any atom is -0.394 e. The average Bonchev–Trinajstić information content (AvgIpc) is 2.39. The maximum absolute atomic E-state index is 9.49. The summed E-state index contributed by atoms with van der Waals surface area (Å²) in [4.78, 5) is 2.23. The minimum absolute atomic E-state index is 0.0506. The van der Waals surface area contributed by atoms with Crippen molar-refractivity contribution in [2.75, 3.05) is 24.7 Å². The first kappa shape index (κ1) is 13.3. The lowest BCUT2D eigenvalue weighted by molar-refractivity contribution is -0.0103. The molecular weight excluding hydrogens is 230 g/mol. The number of aliphatic hydroxyl groups excluding tert-OH is 2. The maximum atomic E-state index is 9.49. The van der Waals surface area contributed by atoms with Crippen LogP contribution >= 0.6 is 0 Å². The molecule has 1 aliphatic heterocycles. The average molecular weight is 251 g/mol. The van der Waals surface area contributed by atoms with Gasteiger partial charge in [0.15, 0.2) is 0 Å². The Hall–Kier alpha value is -1.10. The van der Waals surface area contributed by atoms with Crippen molar-refractivity contribution in [3.05, 3.63) is 29.8 Å². The van der Waals surface area contributed by atoms with Gasteiger partial charge in [-0.1, -0.05) is 12.1 Å². The lowest BCUT2D eigenvalue weighted by Gasteiger charge is -2.39. The van der Waals surface area contributed by atoms with Gasteiger partial charge in [0.2, 0.25) is 0 Å². The Balaban J connectivity index is 2.13. The fraction of sp³-hybridized carbons (Fsp3) is 0.571. The molecule has 18 heavy (non-hydrogen) atoms. The monoisotopic (exact) mass is 251 g/mol. The zero-order valence-electron chi connectivity index (χ0n) is 10.9. The molecule has 1 aliphatic rings. The van der Waals surface area contributed by atoms with Crippen molar-refractivity contribution in [1.29, 1.82) is 0 Å². The van der Waals surface area contributed by atoms with Gasteiger partial charge >= 0.3 is 0 Å². The van der Waals surface area contributed by atoms with Gasteiger partial charge in [0.1, 0.15) is 0 Å². The van der Waals surface area contributed by atoms with Crippen molar-refractivity contribution >= 4 is 5.69 Å². The molecule has 4 nitrogen and oxygen atoms in total. The summed E-state index contributed by atoms with van der Waals surface area (Å²) < 4.78 is 5.52. The van der Waals surface area contributed by atoms with E-state index in [2.05, 4.69) is 11.8 Å². The van der Waals surface area contributed by atoms with Gasteiger partial charge in [-0.05, 0) is 31.5 Å². The largest absolute Gasteiger partial charge is 0.394 e. The van der Waals surface area contributed by atoms with Crippen LogP contribution in [0.3, 0.4) is 0 Å². The van der Waals surface area contributed by atoms with Crippen LogP contribution < -0.4 is 4.90 Å². The highest BCUT2D eigenvalue weighted by Crippen LogP contribution is 2.23. The summed E-state index contributed by atoms with van der Waals surface area (Å²) in [6.07, 6.45) is -0.552. The molecule has 4 heteroatoms. The van der Waals surface area contributed by atoms with E-state index in [4.69, 9.17) is 4.74 Å². The molecule has 3 atom stereocenters. The van der Waals surface area contributed by atoms with E-state index < -0.39 is 6.10 Å². The molecule has 100 valence electrons. The summed E-state index contributed by atoms with van der Waals surface area (Å²) in [5.74, 6) is 0. The number of morpholine rings is 1. The van der Waals surface area contributed by atoms with Crippen LogP contribution in [-0.4, -0.2) is 42.1 Å². The topological polar surface area (TPSA) is 52.9 Å². The van der Waals surface area contributed by atoms with Gasteiger partial charge < -0.3 is 19.8 Å². The molecule has 0 bridgehead atoms. The molecule has 0 aliphatic carbocycles. The van der Waals surface area contributed by atoms with Gasteiger partial charge in [-0.2, -0.15) is 0 Å². The molecule has 0 aromatic heterocycles. The van der Waals surface area contributed by atoms with Gasteiger partial charge in [0, 0.05) is 18.3 Å². The summed E-state index contributed by atoms with van der Waals surface area (Å²) in [5.41, 5.74) is 2.02. The van der Waals surface area contributed by atoms with E-state index in [1.807, 2.05) is 24.3 Å². The van der Waals surface area contributed by atoms with Crippen molar-refractivity contribution < 1.29 is 14.9 Å². The fourth-order valence-electron chi connectivity index (χ4n) is 2.23. The van der Waals surface area contributed by atoms with Gasteiger partial charge in [-0.15, -0.1) is 0 Å². The van der Waals surface area contributed by atoms with Gasteiger partial charge in [-0.3, -0.25) is 0 Å². The number of hydrogen-bond acceptors (Lipinski definition) is 4. The second kappa shape index (κ2) is 5.69. The second-order valence-corrected chi connectivity index (χ2v) is 4.91. The summed E-state index contributed by atoms with van der Waals surface area (Å²) in [5, 5.41) is 18.7. The van der Waals surface area contributed by atoms with Gasteiger partial charge in [0.25, 0.3) is 0 Å². The zero-order valence-corrected chi connectivity index (χ0v) is 10.9. The molecule has 2 N–H and O–H groups in total. The summed E-state index contributed by atoms with van der Waals surface area (Å²) in [7, 11) is 0. The molecule has 1 saturated heterocycles. The highest BCUT2D eigenvalue weighted by atomic mass is 16.5. The molecule has 1 fully saturated rings. The number of aliphatic hydroxyl groups is 2. The quantitative estimate of drug-likeness (QED) is 0.851. The SMILES string of the molecule is CC1COC(CO)CN1c1ccc([C@@H](C)O)cc1. The molecule has 2 rings (SSSR count). The smallest absolute Gasteiger partial charge is 0.0981 e. The van der Waals surface area contributed by atoms with Crippen LogP contribution in [0.25, 0.3) is 0 Å². The Kier molecular flexibility index (Phi) is 4.22. The molecular formula is C14H21NO3. The van der Waals surface area contributed by atoms with Crippen molar-refractivity contribution in [2.24, 2.45) is 0 Å². The molecule has 1 heterocycles. The molecule has 1 aromatic carbocycles. The molecule has 0 saturated carbocycles. The van der Waals surface area contributed by atoms with Crippen LogP contribution in [0.15, 0.2) is 24.3 Å². The van der Waals surface area contributed by atoms with Crippen LogP contribution in [0, 0.1) is 0 Å². The number of nitrogens with zero attached hydrogens (tertiary/aromatic N) is 1. The molecule has 0 spiro atoms. The Morgan fingerprint density at radius 2 is 2.06 bits per heavy atom. The summed E-state index contributed by atoms with van der Waals surface area (Å²) in [6, 6.07) is 8.20. The molecule has 0 radical (unpaired) electrons. The Labute approximate surface area is 108 Å². The Morgan fingerprint density at radius 1 is 1.39 bits per heavy atom. The lowest BCUT2D eigenvalue weighted by atomic mass is 10.1. The second-order valence-electron chi connectivity index (χ2n) is 4.91. The van der Waals surface area contributed by atoms with Crippen LogP contribution in [0.1, 0.15) is 25.5 Å². The van der Waals surface area contributed by atoms with Gasteiger partial charge in [0.05, 0.1) is 25.4 Å². The lowest BCUT2D eigenvalue weighted by Crippen LogP contribution is -2.49. The van der Waals surface area contributed by atoms with Gasteiger partial charge in [-0.25, -0.2) is 0 Å². The first-order chi connectivity index (χ1) is 8.61. The molecule has 2 unspecified atom stereocenters. The van der Waals surface area contributed by atoms with E-state index in [0.717, 1.165) is 11.3 Å². The van der Waals surface area contributed by atoms with E-state index in [1.54, 1.807) is 6.92 Å². The highest BCUT2D eigenvalue weighted by molar-refractivity contribution is 5.49. The number of ether oxygens (including phenoxy) is 1. The zero-order chi connectivity index (χ0) is 13.1. The van der Waals surface area contributed by atoms with Crippen LogP contribution in [0.5, 0.6) is 0 Å². The van der Waals surface area contributed by atoms with Crippen LogP contribution in [-0.2, 0) is 4.74 Å². The first-order valence-electron chi connectivity index (χ1n) is 6.39. The highest BCUT2D eigenvalue weighted by Gasteiger charge is 2.25. The van der Waals surface area contributed by atoms with E-state index in [9.17, 15) is 10.2 Å². The van der Waals surface area contributed by atoms with Crippen LogP contribution in [0.4, 0.5) is 5.69 Å². The number of rotatable bonds is 3. The predicted molar refractivity (Wildman–Crippen MR) is 70.7 cm³/mol. The number of hydrogen-bond donors (Lipinski definition) is 2. The van der Waals surface area contributed by atoms with E-state index in [-0.39, 0.29) is 12.7 Å². The fourth-order valence-corrected chi connectivity index (χ4v) is 2.23. The third kappa shape index (κ3) is 2.83. The van der Waals surface area contributed by atoms with E-state index >= 15 is 0 Å². The summed E-state index contributed by atoms with van der Waals surface area (Å²) in [6.45, 7) is 5.24. The Morgan fingerprint density at radius 3 is 2.61 bits per heavy atom. The molecule has 0 amide bonds. The van der Waals surface area contributed by atoms with Crippen molar-refractivity contribution in [1.82, 2.24) is 0 Å². The standard InChI is InChI=1S/C14H21NO3/c1-10-9-18-14(8-16)7-15(10)13-5-3-12(4-6-13)11(2)17/h3-6,10-11,14,16-17H,7-9H2,1-2H3/t10?,11-,14?/m1/s1. The van der Waals surface area contributed by atoms with E-state index in [0.29, 0.717) is 19.2 Å². The first-order valence-corrected chi connectivity index (χ1v) is 6.39. The van der Waals surface area contributed by atoms with Crippen molar-refractivity contribution in [3.63, 3.8) is 0 Å². The molecule has 1 aromatic rings. The third-order valence-electron chi connectivity index (χ3n) is 3.42. The van der Waals surface area contributed by atoms with Crippen molar-refractivity contribution in [2.45, 2.75) is 32.1 Å². The predicted octanol–water partition coefficient (Wildman–Crippen LogP) is 1.33. The Bertz CT molecular complexity index is 377.